The molecule has 0 radical (unpaired) electrons. The second-order valence-corrected chi connectivity index (χ2v) is 5.99. The van der Waals surface area contributed by atoms with Crippen LogP contribution in [0.1, 0.15) is 63.6 Å². The molecule has 0 aromatic carbocycles. The van der Waals surface area contributed by atoms with Crippen LogP contribution in [-0.4, -0.2) is 29.0 Å². The summed E-state index contributed by atoms with van der Waals surface area (Å²) in [6.07, 6.45) is 5.41. The third-order valence-electron chi connectivity index (χ3n) is 4.13. The lowest BCUT2D eigenvalue weighted by atomic mass is 9.96. The number of aromatic nitrogens is 2. The van der Waals surface area contributed by atoms with Gasteiger partial charge in [-0.1, -0.05) is 37.0 Å². The van der Waals surface area contributed by atoms with Crippen molar-refractivity contribution < 1.29 is 9.36 Å². The number of rotatable bonds is 5. The number of hydrogen-bond acceptors (Lipinski definition) is 6. The lowest BCUT2D eigenvalue weighted by Crippen LogP contribution is -2.43. The Morgan fingerprint density at radius 1 is 1.30 bits per heavy atom. The van der Waals surface area contributed by atoms with Gasteiger partial charge in [-0.15, -0.1) is 0 Å². The fourth-order valence-corrected chi connectivity index (χ4v) is 2.86. The third-order valence-corrected chi connectivity index (χ3v) is 4.13. The Balaban J connectivity index is 1.75. The highest BCUT2D eigenvalue weighted by atomic mass is 16.6. The van der Waals surface area contributed by atoms with Gasteiger partial charge >= 0.3 is 0 Å². The number of nitrogens with zero attached hydrogens (tertiary/aromatic N) is 3. The van der Waals surface area contributed by atoms with E-state index in [-0.39, 0.29) is 11.5 Å². The van der Waals surface area contributed by atoms with Crippen molar-refractivity contribution in [1.29, 1.82) is 0 Å². The van der Waals surface area contributed by atoms with Gasteiger partial charge in [0.15, 0.2) is 5.82 Å². The molecule has 0 bridgehead atoms. The zero-order valence-electron chi connectivity index (χ0n) is 12.2. The molecule has 2 aliphatic rings. The van der Waals surface area contributed by atoms with Crippen molar-refractivity contribution >= 4 is 5.71 Å². The van der Waals surface area contributed by atoms with Crippen LogP contribution in [0.2, 0.25) is 0 Å². The van der Waals surface area contributed by atoms with Crippen molar-refractivity contribution in [2.75, 3.05) is 13.2 Å². The smallest absolute Gasteiger partial charge is 0.229 e. The zero-order chi connectivity index (χ0) is 14.0. The van der Waals surface area contributed by atoms with E-state index in [1.54, 1.807) is 0 Å². The van der Waals surface area contributed by atoms with Crippen LogP contribution in [0, 0.1) is 0 Å². The molecule has 1 fully saturated rings. The fourth-order valence-electron chi connectivity index (χ4n) is 2.86. The van der Waals surface area contributed by atoms with Crippen molar-refractivity contribution in [1.82, 2.24) is 15.5 Å². The molecule has 2 heterocycles. The highest BCUT2D eigenvalue weighted by Crippen LogP contribution is 2.37. The van der Waals surface area contributed by atoms with Crippen LogP contribution in [-0.2, 0) is 10.4 Å². The van der Waals surface area contributed by atoms with Crippen LogP contribution in [0.3, 0.4) is 0 Å². The summed E-state index contributed by atoms with van der Waals surface area (Å²) in [6.45, 7) is 5.57. The molecule has 0 spiro atoms. The van der Waals surface area contributed by atoms with Gasteiger partial charge in [-0.3, -0.25) is 5.32 Å². The maximum atomic E-state index is 5.38. The standard InChI is InChI=1S/C14H22N4O2/c1-10(2)12-16-13(18-20-12)14(6-3-4-7-14)15-9-11-5-8-19-17-11/h10,15H,3-9H2,1-2H3. The van der Waals surface area contributed by atoms with Gasteiger partial charge in [-0.2, -0.15) is 4.98 Å². The SMILES string of the molecule is CC(C)c1nc(C2(NCC3=NOCC3)CCCC2)no1. The maximum absolute atomic E-state index is 5.38. The highest BCUT2D eigenvalue weighted by Gasteiger charge is 2.40. The monoisotopic (exact) mass is 278 g/mol. The molecule has 0 unspecified atom stereocenters. The molecule has 20 heavy (non-hydrogen) atoms. The van der Waals surface area contributed by atoms with E-state index >= 15 is 0 Å². The number of hydrogen-bond donors (Lipinski definition) is 1. The summed E-state index contributed by atoms with van der Waals surface area (Å²) in [5.74, 6) is 1.79. The molecule has 1 aromatic heterocycles. The van der Waals surface area contributed by atoms with Crippen LogP contribution in [0.4, 0.5) is 0 Å². The number of nitrogens with one attached hydrogen (secondary N) is 1. The lowest BCUT2D eigenvalue weighted by Gasteiger charge is -2.26. The minimum atomic E-state index is -0.151. The predicted molar refractivity (Wildman–Crippen MR) is 74.5 cm³/mol. The average molecular weight is 278 g/mol. The second kappa shape index (κ2) is 5.52. The molecule has 0 atom stereocenters. The number of oxime groups is 1. The normalized spacial score (nSPS) is 21.2. The maximum Gasteiger partial charge on any atom is 0.229 e. The largest absolute Gasteiger partial charge is 0.395 e. The van der Waals surface area contributed by atoms with Gasteiger partial charge < -0.3 is 9.36 Å². The van der Waals surface area contributed by atoms with Crippen molar-refractivity contribution in [3.63, 3.8) is 0 Å². The highest BCUT2D eigenvalue weighted by molar-refractivity contribution is 5.86. The Labute approximate surface area is 118 Å². The molecule has 6 nitrogen and oxygen atoms in total. The summed E-state index contributed by atoms with van der Waals surface area (Å²) in [7, 11) is 0. The van der Waals surface area contributed by atoms with Gasteiger partial charge in [0.1, 0.15) is 6.61 Å². The van der Waals surface area contributed by atoms with E-state index in [1.165, 1.54) is 12.8 Å². The molecular formula is C14H22N4O2. The van der Waals surface area contributed by atoms with E-state index in [0.717, 1.165) is 43.2 Å². The Morgan fingerprint density at radius 3 is 2.70 bits per heavy atom. The Bertz CT molecular complexity index is 489. The molecule has 3 rings (SSSR count). The summed E-state index contributed by atoms with van der Waals surface area (Å²) < 4.78 is 5.38. The molecule has 6 heteroatoms. The summed E-state index contributed by atoms with van der Waals surface area (Å²) in [6, 6.07) is 0. The summed E-state index contributed by atoms with van der Waals surface area (Å²) in [4.78, 5) is 9.64. The van der Waals surface area contributed by atoms with Gasteiger partial charge in [0, 0.05) is 18.9 Å². The molecule has 0 amide bonds. The predicted octanol–water partition coefficient (Wildman–Crippen LogP) is 2.33. The molecule has 110 valence electrons. The molecule has 1 N–H and O–H groups in total. The van der Waals surface area contributed by atoms with Crippen LogP contribution >= 0.6 is 0 Å². The Kier molecular flexibility index (Phi) is 3.74. The first-order valence-electron chi connectivity index (χ1n) is 7.46. The van der Waals surface area contributed by atoms with Crippen LogP contribution < -0.4 is 5.32 Å². The Hall–Kier alpha value is -1.43. The summed E-state index contributed by atoms with van der Waals surface area (Å²) in [5, 5.41) is 11.9. The molecule has 1 aromatic rings. The summed E-state index contributed by atoms with van der Waals surface area (Å²) in [5.41, 5.74) is 0.922. The third kappa shape index (κ3) is 2.57. The topological polar surface area (TPSA) is 72.5 Å². The van der Waals surface area contributed by atoms with Gasteiger partial charge in [0.25, 0.3) is 0 Å². The van der Waals surface area contributed by atoms with Gasteiger partial charge in [-0.05, 0) is 12.8 Å². The van der Waals surface area contributed by atoms with Gasteiger partial charge in [-0.25, -0.2) is 0 Å². The zero-order valence-corrected chi connectivity index (χ0v) is 12.2. The first-order valence-corrected chi connectivity index (χ1v) is 7.46. The summed E-state index contributed by atoms with van der Waals surface area (Å²) >= 11 is 0. The molecule has 0 saturated heterocycles. The molecule has 1 aliphatic heterocycles. The first kappa shape index (κ1) is 13.5. The average Bonchev–Trinajstić information content (AvgIpc) is 3.18. The van der Waals surface area contributed by atoms with Crippen LogP contribution in [0.15, 0.2) is 9.68 Å². The first-order chi connectivity index (χ1) is 9.70. The van der Waals surface area contributed by atoms with E-state index in [2.05, 4.69) is 34.5 Å². The lowest BCUT2D eigenvalue weighted by molar-refractivity contribution is 0.173. The van der Waals surface area contributed by atoms with Gasteiger partial charge in [0.05, 0.1) is 11.3 Å². The van der Waals surface area contributed by atoms with Gasteiger partial charge in [0.2, 0.25) is 5.89 Å². The fraction of sp³-hybridized carbons (Fsp3) is 0.786. The Morgan fingerprint density at radius 2 is 2.10 bits per heavy atom. The van der Waals surface area contributed by atoms with Crippen molar-refractivity contribution in [3.05, 3.63) is 11.7 Å². The van der Waals surface area contributed by atoms with Crippen molar-refractivity contribution in [2.24, 2.45) is 5.16 Å². The van der Waals surface area contributed by atoms with Crippen molar-refractivity contribution in [2.45, 2.75) is 57.4 Å². The molecular weight excluding hydrogens is 256 g/mol. The molecule has 1 saturated carbocycles. The second-order valence-electron chi connectivity index (χ2n) is 5.99. The van der Waals surface area contributed by atoms with E-state index in [4.69, 9.17) is 9.36 Å². The van der Waals surface area contributed by atoms with Crippen LogP contribution in [0.25, 0.3) is 0 Å². The quantitative estimate of drug-likeness (QED) is 0.895. The van der Waals surface area contributed by atoms with E-state index < -0.39 is 0 Å². The minimum Gasteiger partial charge on any atom is -0.395 e. The molecule has 1 aliphatic carbocycles. The van der Waals surface area contributed by atoms with E-state index in [1.807, 2.05) is 0 Å². The van der Waals surface area contributed by atoms with E-state index in [9.17, 15) is 0 Å². The van der Waals surface area contributed by atoms with Crippen molar-refractivity contribution in [3.8, 4) is 0 Å². The van der Waals surface area contributed by atoms with E-state index in [0.29, 0.717) is 6.61 Å². The minimum absolute atomic E-state index is 0.151. The van der Waals surface area contributed by atoms with Crippen LogP contribution in [0.5, 0.6) is 0 Å².